The molecule has 21 heavy (non-hydrogen) atoms. The van der Waals surface area contributed by atoms with Crippen LogP contribution in [-0.2, 0) is 16.6 Å². The molecule has 0 fully saturated rings. The SMILES string of the molecule is NCc1ccc(F)cc1S(=O)(=O)Nc1cc(Cl)ccc1F. The van der Waals surface area contributed by atoms with Gasteiger partial charge in [0.15, 0.2) is 0 Å². The molecule has 0 amide bonds. The van der Waals surface area contributed by atoms with Crippen molar-refractivity contribution in [1.82, 2.24) is 0 Å². The Bertz CT molecular complexity index is 782. The Morgan fingerprint density at radius 1 is 1.14 bits per heavy atom. The minimum absolute atomic E-state index is 0.103. The maximum Gasteiger partial charge on any atom is 0.262 e. The van der Waals surface area contributed by atoms with Crippen molar-refractivity contribution in [2.75, 3.05) is 4.72 Å². The summed E-state index contributed by atoms with van der Waals surface area (Å²) in [5.74, 6) is -1.53. The van der Waals surface area contributed by atoms with Gasteiger partial charge < -0.3 is 5.73 Å². The molecule has 112 valence electrons. The van der Waals surface area contributed by atoms with E-state index in [0.717, 1.165) is 24.3 Å². The summed E-state index contributed by atoms with van der Waals surface area (Å²) in [5.41, 5.74) is 5.32. The number of nitrogens with two attached hydrogens (primary N) is 1. The van der Waals surface area contributed by atoms with Crippen LogP contribution in [0.5, 0.6) is 0 Å². The van der Waals surface area contributed by atoms with E-state index < -0.39 is 21.7 Å². The maximum absolute atomic E-state index is 13.6. The molecule has 4 nitrogen and oxygen atoms in total. The van der Waals surface area contributed by atoms with Crippen molar-refractivity contribution >= 4 is 27.3 Å². The summed E-state index contributed by atoms with van der Waals surface area (Å²) in [6.07, 6.45) is 0. The van der Waals surface area contributed by atoms with Crippen molar-refractivity contribution in [3.05, 3.63) is 58.6 Å². The normalized spacial score (nSPS) is 11.4. The second-order valence-corrected chi connectivity index (χ2v) is 6.27. The van der Waals surface area contributed by atoms with Gasteiger partial charge in [-0.2, -0.15) is 0 Å². The standard InChI is InChI=1S/C13H11ClF2N2O2S/c14-9-2-4-11(16)12(5-9)18-21(19,20)13-6-10(15)3-1-8(13)7-17/h1-6,18H,7,17H2. The van der Waals surface area contributed by atoms with Crippen LogP contribution in [0.1, 0.15) is 5.56 Å². The van der Waals surface area contributed by atoms with E-state index in [1.54, 1.807) is 0 Å². The van der Waals surface area contributed by atoms with E-state index in [9.17, 15) is 17.2 Å². The Hall–Kier alpha value is -1.70. The van der Waals surface area contributed by atoms with Gasteiger partial charge in [-0.05, 0) is 35.9 Å². The van der Waals surface area contributed by atoms with Gasteiger partial charge in [-0.15, -0.1) is 0 Å². The first-order valence-electron chi connectivity index (χ1n) is 5.80. The lowest BCUT2D eigenvalue weighted by atomic mass is 10.2. The van der Waals surface area contributed by atoms with E-state index in [-0.39, 0.29) is 27.7 Å². The van der Waals surface area contributed by atoms with Gasteiger partial charge in [0.05, 0.1) is 10.6 Å². The number of hydrogen-bond donors (Lipinski definition) is 2. The smallest absolute Gasteiger partial charge is 0.262 e. The fourth-order valence-electron chi connectivity index (χ4n) is 1.72. The Kier molecular flexibility index (Phi) is 4.46. The molecule has 0 heterocycles. The number of halogens is 3. The van der Waals surface area contributed by atoms with E-state index >= 15 is 0 Å². The molecular formula is C13H11ClF2N2O2S. The minimum atomic E-state index is -4.19. The van der Waals surface area contributed by atoms with E-state index in [4.69, 9.17) is 17.3 Å². The Balaban J connectivity index is 2.48. The molecule has 2 rings (SSSR count). The highest BCUT2D eigenvalue weighted by Crippen LogP contribution is 2.24. The first-order valence-corrected chi connectivity index (χ1v) is 7.66. The van der Waals surface area contributed by atoms with Crippen LogP contribution in [0.3, 0.4) is 0 Å². The average molecular weight is 333 g/mol. The van der Waals surface area contributed by atoms with Crippen molar-refractivity contribution in [1.29, 1.82) is 0 Å². The van der Waals surface area contributed by atoms with Crippen molar-refractivity contribution in [2.24, 2.45) is 5.73 Å². The van der Waals surface area contributed by atoms with E-state index in [1.165, 1.54) is 12.1 Å². The predicted molar refractivity (Wildman–Crippen MR) is 76.5 cm³/mol. The Morgan fingerprint density at radius 2 is 1.86 bits per heavy atom. The molecule has 0 aliphatic carbocycles. The average Bonchev–Trinajstić information content (AvgIpc) is 2.42. The van der Waals surface area contributed by atoms with Gasteiger partial charge in [0.25, 0.3) is 10.0 Å². The summed E-state index contributed by atoms with van der Waals surface area (Å²) in [6, 6.07) is 6.61. The van der Waals surface area contributed by atoms with Gasteiger partial charge in [-0.3, -0.25) is 4.72 Å². The highest BCUT2D eigenvalue weighted by Gasteiger charge is 2.20. The topological polar surface area (TPSA) is 72.2 Å². The van der Waals surface area contributed by atoms with E-state index in [2.05, 4.69) is 0 Å². The molecule has 0 saturated heterocycles. The van der Waals surface area contributed by atoms with Crippen molar-refractivity contribution in [3.8, 4) is 0 Å². The van der Waals surface area contributed by atoms with Gasteiger partial charge in [0, 0.05) is 11.6 Å². The molecule has 0 atom stereocenters. The predicted octanol–water partition coefficient (Wildman–Crippen LogP) is 2.88. The zero-order chi connectivity index (χ0) is 15.6. The number of sulfonamides is 1. The quantitative estimate of drug-likeness (QED) is 0.904. The number of anilines is 1. The van der Waals surface area contributed by atoms with Crippen molar-refractivity contribution < 1.29 is 17.2 Å². The molecule has 2 aromatic carbocycles. The molecule has 8 heteroatoms. The zero-order valence-corrected chi connectivity index (χ0v) is 12.2. The first kappa shape index (κ1) is 15.7. The Labute approximate surface area is 125 Å². The van der Waals surface area contributed by atoms with Gasteiger partial charge in [0.2, 0.25) is 0 Å². The molecule has 0 radical (unpaired) electrons. The van der Waals surface area contributed by atoms with Crippen LogP contribution in [0.25, 0.3) is 0 Å². The molecule has 0 bridgehead atoms. The maximum atomic E-state index is 13.6. The molecule has 0 aromatic heterocycles. The van der Waals surface area contributed by atoms with Crippen LogP contribution >= 0.6 is 11.6 Å². The van der Waals surface area contributed by atoms with Crippen LogP contribution < -0.4 is 10.5 Å². The summed E-state index contributed by atoms with van der Waals surface area (Å²) < 4.78 is 53.4. The second kappa shape index (κ2) is 5.97. The van der Waals surface area contributed by atoms with Crippen LogP contribution in [0.15, 0.2) is 41.3 Å². The van der Waals surface area contributed by atoms with Crippen LogP contribution in [0, 0.1) is 11.6 Å². The summed E-state index contributed by atoms with van der Waals surface area (Å²) in [7, 11) is -4.19. The number of rotatable bonds is 4. The summed E-state index contributed by atoms with van der Waals surface area (Å²) >= 11 is 5.69. The molecular weight excluding hydrogens is 322 g/mol. The molecule has 3 N–H and O–H groups in total. The van der Waals surface area contributed by atoms with Crippen molar-refractivity contribution in [3.63, 3.8) is 0 Å². The van der Waals surface area contributed by atoms with Gasteiger partial charge in [-0.1, -0.05) is 17.7 Å². The highest BCUT2D eigenvalue weighted by atomic mass is 35.5. The summed E-state index contributed by atoms with van der Waals surface area (Å²) in [5, 5.41) is 0.160. The zero-order valence-electron chi connectivity index (χ0n) is 10.6. The van der Waals surface area contributed by atoms with Crippen molar-refractivity contribution in [2.45, 2.75) is 11.4 Å². The molecule has 2 aromatic rings. The summed E-state index contributed by atoms with van der Waals surface area (Å²) in [6.45, 7) is -0.103. The van der Waals surface area contributed by atoms with Gasteiger partial charge >= 0.3 is 0 Å². The lowest BCUT2D eigenvalue weighted by molar-refractivity contribution is 0.591. The molecule has 0 aliphatic heterocycles. The third-order valence-corrected chi connectivity index (χ3v) is 4.39. The Morgan fingerprint density at radius 3 is 2.52 bits per heavy atom. The first-order chi connectivity index (χ1) is 9.83. The number of benzene rings is 2. The molecule has 0 saturated carbocycles. The lowest BCUT2D eigenvalue weighted by Gasteiger charge is -2.12. The van der Waals surface area contributed by atoms with Gasteiger partial charge in [-0.25, -0.2) is 17.2 Å². The highest BCUT2D eigenvalue weighted by molar-refractivity contribution is 7.92. The monoisotopic (exact) mass is 332 g/mol. The van der Waals surface area contributed by atoms with Crippen LogP contribution in [0.2, 0.25) is 5.02 Å². The second-order valence-electron chi connectivity index (χ2n) is 4.19. The lowest BCUT2D eigenvalue weighted by Crippen LogP contribution is -2.17. The molecule has 0 aliphatic rings. The number of hydrogen-bond acceptors (Lipinski definition) is 3. The fourth-order valence-corrected chi connectivity index (χ4v) is 3.21. The minimum Gasteiger partial charge on any atom is -0.326 e. The third-order valence-electron chi connectivity index (χ3n) is 2.71. The number of nitrogens with one attached hydrogen (secondary N) is 1. The van der Waals surface area contributed by atoms with E-state index in [0.29, 0.717) is 0 Å². The van der Waals surface area contributed by atoms with E-state index in [1.807, 2.05) is 4.72 Å². The molecule has 0 spiro atoms. The largest absolute Gasteiger partial charge is 0.326 e. The third kappa shape index (κ3) is 3.49. The van der Waals surface area contributed by atoms with Crippen LogP contribution in [0.4, 0.5) is 14.5 Å². The van der Waals surface area contributed by atoms with Gasteiger partial charge in [0.1, 0.15) is 11.6 Å². The van der Waals surface area contributed by atoms with Crippen LogP contribution in [-0.4, -0.2) is 8.42 Å². The fraction of sp³-hybridized carbons (Fsp3) is 0.0769. The summed E-state index contributed by atoms with van der Waals surface area (Å²) in [4.78, 5) is -0.343. The molecule has 0 unspecified atom stereocenters.